The van der Waals surface area contributed by atoms with Gasteiger partial charge in [-0.25, -0.2) is 17.4 Å². The quantitative estimate of drug-likeness (QED) is 0.573. The topological polar surface area (TPSA) is 94.3 Å². The van der Waals surface area contributed by atoms with Crippen LogP contribution in [0.3, 0.4) is 0 Å². The van der Waals surface area contributed by atoms with E-state index < -0.39 is 26.6 Å². The number of hydrogen-bond donors (Lipinski definition) is 0. The lowest BCUT2D eigenvalue weighted by atomic mass is 9.85. The standard InChI is InChI=1S/C11H16N4O4S/c1-13-8(16)9(17)15-6-4-11(10(15)12-13)3-5-14(7-11)20(2,18)19/h3-7H2,1-2H3/t11-/m1/s1. The van der Waals surface area contributed by atoms with E-state index in [0.29, 0.717) is 38.3 Å². The normalized spacial score (nSPS) is 26.3. The van der Waals surface area contributed by atoms with Gasteiger partial charge in [0, 0.05) is 32.1 Å². The summed E-state index contributed by atoms with van der Waals surface area (Å²) in [4.78, 5) is 23.6. The Balaban J connectivity index is 2.11. The summed E-state index contributed by atoms with van der Waals surface area (Å²) in [5.41, 5.74) is -1.66. The zero-order valence-electron chi connectivity index (χ0n) is 11.4. The summed E-state index contributed by atoms with van der Waals surface area (Å²) in [6, 6.07) is 0. The minimum Gasteiger partial charge on any atom is -0.290 e. The Morgan fingerprint density at radius 2 is 1.80 bits per heavy atom. The van der Waals surface area contributed by atoms with Gasteiger partial charge in [-0.3, -0.25) is 14.2 Å². The molecule has 0 saturated carbocycles. The molecule has 3 rings (SSSR count). The van der Waals surface area contributed by atoms with Gasteiger partial charge in [-0.1, -0.05) is 0 Å². The van der Waals surface area contributed by atoms with Crippen LogP contribution < -0.4 is 11.1 Å². The van der Waals surface area contributed by atoms with Gasteiger partial charge in [0.25, 0.3) is 0 Å². The van der Waals surface area contributed by atoms with Crippen molar-refractivity contribution in [2.24, 2.45) is 7.05 Å². The Morgan fingerprint density at radius 3 is 2.40 bits per heavy atom. The molecule has 1 aromatic rings. The lowest BCUT2D eigenvalue weighted by Crippen LogP contribution is -2.44. The van der Waals surface area contributed by atoms with E-state index in [1.807, 2.05) is 0 Å². The molecule has 0 aliphatic carbocycles. The molecule has 2 aliphatic rings. The Labute approximate surface area is 115 Å². The number of nitrogens with zero attached hydrogens (tertiary/aromatic N) is 4. The monoisotopic (exact) mass is 300 g/mol. The number of rotatable bonds is 1. The minimum atomic E-state index is -3.25. The van der Waals surface area contributed by atoms with Crippen LogP contribution >= 0.6 is 0 Å². The first-order chi connectivity index (χ1) is 9.24. The van der Waals surface area contributed by atoms with Crippen LogP contribution in [0.1, 0.15) is 18.7 Å². The van der Waals surface area contributed by atoms with E-state index in [4.69, 9.17) is 0 Å². The van der Waals surface area contributed by atoms with E-state index in [-0.39, 0.29) is 0 Å². The summed E-state index contributed by atoms with van der Waals surface area (Å²) in [6.45, 7) is 1.18. The highest BCUT2D eigenvalue weighted by atomic mass is 32.2. The molecule has 0 amide bonds. The van der Waals surface area contributed by atoms with Crippen molar-refractivity contribution in [3.63, 3.8) is 0 Å². The summed E-state index contributed by atoms with van der Waals surface area (Å²) in [5, 5.41) is 4.21. The average molecular weight is 300 g/mol. The Morgan fingerprint density at radius 1 is 1.15 bits per heavy atom. The molecule has 1 aromatic heterocycles. The average Bonchev–Trinajstić information content (AvgIpc) is 2.93. The van der Waals surface area contributed by atoms with Gasteiger partial charge < -0.3 is 0 Å². The molecule has 2 aliphatic heterocycles. The molecule has 0 radical (unpaired) electrons. The number of aromatic nitrogens is 3. The first-order valence-electron chi connectivity index (χ1n) is 6.38. The highest BCUT2D eigenvalue weighted by Crippen LogP contribution is 2.40. The largest absolute Gasteiger partial charge is 0.332 e. The van der Waals surface area contributed by atoms with Crippen LogP contribution in [0.5, 0.6) is 0 Å². The SMILES string of the molecule is Cn1nc2n(c(=O)c1=O)CC[C@@]21CCN(S(C)(=O)=O)C1. The first kappa shape index (κ1) is 13.5. The number of fused-ring (bicyclic) bond motifs is 2. The Kier molecular flexibility index (Phi) is 2.71. The second kappa shape index (κ2) is 4.01. The molecule has 1 fully saturated rings. The summed E-state index contributed by atoms with van der Waals surface area (Å²) in [6.07, 6.45) is 2.46. The highest BCUT2D eigenvalue weighted by molar-refractivity contribution is 7.88. The summed E-state index contributed by atoms with van der Waals surface area (Å²) >= 11 is 0. The Hall–Kier alpha value is -1.48. The third-order valence-electron chi connectivity index (χ3n) is 4.30. The molecular weight excluding hydrogens is 284 g/mol. The lowest BCUT2D eigenvalue weighted by molar-refractivity contribution is 0.403. The van der Waals surface area contributed by atoms with Crippen LogP contribution in [0.4, 0.5) is 0 Å². The molecule has 9 heteroatoms. The zero-order valence-corrected chi connectivity index (χ0v) is 12.2. The molecule has 0 bridgehead atoms. The van der Waals surface area contributed by atoms with E-state index >= 15 is 0 Å². The second-order valence-corrected chi connectivity index (χ2v) is 7.57. The first-order valence-corrected chi connectivity index (χ1v) is 8.23. The second-order valence-electron chi connectivity index (χ2n) is 5.59. The fourth-order valence-corrected chi connectivity index (χ4v) is 4.04. The maximum absolute atomic E-state index is 12.0. The van der Waals surface area contributed by atoms with Crippen molar-refractivity contribution in [1.29, 1.82) is 0 Å². The minimum absolute atomic E-state index is 0.330. The van der Waals surface area contributed by atoms with Gasteiger partial charge in [-0.2, -0.15) is 5.10 Å². The van der Waals surface area contributed by atoms with Crippen molar-refractivity contribution in [1.82, 2.24) is 18.7 Å². The van der Waals surface area contributed by atoms with Gasteiger partial charge >= 0.3 is 11.1 Å². The van der Waals surface area contributed by atoms with Crippen LogP contribution in [0.2, 0.25) is 0 Å². The number of aryl methyl sites for hydroxylation is 1. The van der Waals surface area contributed by atoms with Crippen LogP contribution in [0, 0.1) is 0 Å². The highest BCUT2D eigenvalue weighted by Gasteiger charge is 2.48. The fraction of sp³-hybridized carbons (Fsp3) is 0.727. The molecule has 0 aromatic carbocycles. The van der Waals surface area contributed by atoms with E-state index in [2.05, 4.69) is 5.10 Å². The van der Waals surface area contributed by atoms with Crippen LogP contribution in [-0.2, 0) is 29.0 Å². The molecule has 1 spiro atoms. The van der Waals surface area contributed by atoms with Crippen molar-refractivity contribution in [2.45, 2.75) is 24.8 Å². The lowest BCUT2D eigenvalue weighted by Gasteiger charge is -2.22. The van der Waals surface area contributed by atoms with Gasteiger partial charge in [0.15, 0.2) is 0 Å². The molecule has 1 atom stereocenters. The Bertz CT molecular complexity index is 794. The molecular formula is C11H16N4O4S. The summed E-state index contributed by atoms with van der Waals surface area (Å²) in [5.74, 6) is 0.538. The third kappa shape index (κ3) is 1.76. The van der Waals surface area contributed by atoms with E-state index in [1.165, 1.54) is 22.2 Å². The van der Waals surface area contributed by atoms with Crippen LogP contribution in [0.25, 0.3) is 0 Å². The van der Waals surface area contributed by atoms with Crippen LogP contribution in [-0.4, -0.2) is 46.4 Å². The molecule has 3 heterocycles. The summed E-state index contributed by atoms with van der Waals surface area (Å²) < 4.78 is 27.2. The van der Waals surface area contributed by atoms with E-state index in [9.17, 15) is 18.0 Å². The number of hydrogen-bond acceptors (Lipinski definition) is 5. The van der Waals surface area contributed by atoms with Gasteiger partial charge in [-0.05, 0) is 12.8 Å². The fourth-order valence-electron chi connectivity index (χ4n) is 3.13. The maximum Gasteiger partial charge on any atom is 0.332 e. The third-order valence-corrected chi connectivity index (χ3v) is 5.55. The molecule has 20 heavy (non-hydrogen) atoms. The van der Waals surface area contributed by atoms with Gasteiger partial charge in [0.2, 0.25) is 10.0 Å². The predicted molar refractivity (Wildman–Crippen MR) is 71.1 cm³/mol. The van der Waals surface area contributed by atoms with Crippen molar-refractivity contribution < 1.29 is 8.42 Å². The van der Waals surface area contributed by atoms with Crippen molar-refractivity contribution in [2.75, 3.05) is 19.3 Å². The molecule has 0 unspecified atom stereocenters. The molecule has 0 N–H and O–H groups in total. The van der Waals surface area contributed by atoms with E-state index in [1.54, 1.807) is 0 Å². The van der Waals surface area contributed by atoms with Crippen molar-refractivity contribution >= 4 is 10.0 Å². The predicted octanol–water partition coefficient (Wildman–Crippen LogP) is -1.75. The maximum atomic E-state index is 12.0. The molecule has 1 saturated heterocycles. The van der Waals surface area contributed by atoms with Crippen LogP contribution in [0.15, 0.2) is 9.59 Å². The van der Waals surface area contributed by atoms with Crippen molar-refractivity contribution in [3.8, 4) is 0 Å². The zero-order chi connectivity index (χ0) is 14.7. The van der Waals surface area contributed by atoms with E-state index in [0.717, 1.165) is 4.68 Å². The molecule has 110 valence electrons. The molecule has 8 nitrogen and oxygen atoms in total. The van der Waals surface area contributed by atoms with Crippen molar-refractivity contribution in [3.05, 3.63) is 26.5 Å². The smallest absolute Gasteiger partial charge is 0.290 e. The number of sulfonamides is 1. The summed E-state index contributed by atoms with van der Waals surface area (Å²) in [7, 11) is -1.80. The van der Waals surface area contributed by atoms with Gasteiger partial charge in [-0.15, -0.1) is 0 Å². The van der Waals surface area contributed by atoms with Gasteiger partial charge in [0.05, 0.1) is 6.26 Å². The van der Waals surface area contributed by atoms with Gasteiger partial charge in [0.1, 0.15) is 5.82 Å².